The van der Waals surface area contributed by atoms with Crippen LogP contribution in [0.5, 0.6) is 0 Å². The van der Waals surface area contributed by atoms with Crippen molar-refractivity contribution in [2.24, 2.45) is 5.92 Å². The zero-order valence-electron chi connectivity index (χ0n) is 14.7. The minimum Gasteiger partial charge on any atom is -0.465 e. The second-order valence-corrected chi connectivity index (χ2v) is 6.92. The number of esters is 2. The van der Waals surface area contributed by atoms with Crippen LogP contribution in [0.4, 0.5) is 0 Å². The summed E-state index contributed by atoms with van der Waals surface area (Å²) in [5.74, 6) is -1.14. The molecule has 0 unspecified atom stereocenters. The molecule has 136 valence electrons. The van der Waals surface area contributed by atoms with Gasteiger partial charge in [-0.3, -0.25) is 9.59 Å². The summed E-state index contributed by atoms with van der Waals surface area (Å²) in [4.78, 5) is 24.6. The van der Waals surface area contributed by atoms with Gasteiger partial charge in [-0.25, -0.2) is 0 Å². The van der Waals surface area contributed by atoms with Gasteiger partial charge in [0.2, 0.25) is 0 Å². The lowest BCUT2D eigenvalue weighted by atomic mass is 9.91. The van der Waals surface area contributed by atoms with Crippen molar-refractivity contribution >= 4 is 11.9 Å². The van der Waals surface area contributed by atoms with Gasteiger partial charge in [-0.1, -0.05) is 43.2 Å². The number of cyclic esters (lactones) is 2. The molecule has 3 atom stereocenters. The topological polar surface area (TPSA) is 61.8 Å². The molecule has 0 radical (unpaired) electrons. The first-order chi connectivity index (χ1) is 12.1. The normalized spacial score (nSPS) is 28.6. The molecule has 25 heavy (non-hydrogen) atoms. The molecule has 1 aliphatic heterocycles. The van der Waals surface area contributed by atoms with Gasteiger partial charge in [0.05, 0.1) is 18.4 Å². The first kappa shape index (κ1) is 17.9. The van der Waals surface area contributed by atoms with E-state index < -0.39 is 18.1 Å². The fraction of sp³-hybridized carbons (Fsp3) is 0.600. The van der Waals surface area contributed by atoms with E-state index in [1.807, 2.05) is 37.3 Å². The molecule has 2 aliphatic rings. The van der Waals surface area contributed by atoms with E-state index in [1.165, 1.54) is 0 Å². The highest BCUT2D eigenvalue weighted by Gasteiger charge is 2.39. The fourth-order valence-electron chi connectivity index (χ4n) is 3.66. The maximum absolute atomic E-state index is 12.7. The van der Waals surface area contributed by atoms with Gasteiger partial charge in [-0.15, -0.1) is 0 Å². The Hall–Kier alpha value is -1.88. The van der Waals surface area contributed by atoms with Gasteiger partial charge in [-0.2, -0.15) is 0 Å². The molecule has 1 aromatic rings. The zero-order valence-corrected chi connectivity index (χ0v) is 14.7. The van der Waals surface area contributed by atoms with Crippen molar-refractivity contribution < 1.29 is 23.8 Å². The fourth-order valence-corrected chi connectivity index (χ4v) is 3.66. The highest BCUT2D eigenvalue weighted by Crippen LogP contribution is 2.29. The summed E-state index contributed by atoms with van der Waals surface area (Å²) in [6, 6.07) is 9.83. The minimum absolute atomic E-state index is 0.0613. The highest BCUT2D eigenvalue weighted by molar-refractivity contribution is 5.75. The predicted molar refractivity (Wildman–Crippen MR) is 91.9 cm³/mol. The van der Waals surface area contributed by atoms with Crippen LogP contribution in [0.25, 0.3) is 0 Å². The molecular weight excluding hydrogens is 320 g/mol. The lowest BCUT2D eigenvalue weighted by molar-refractivity contribution is -0.168. The van der Waals surface area contributed by atoms with Crippen LogP contribution >= 0.6 is 0 Å². The Morgan fingerprint density at radius 3 is 2.56 bits per heavy atom. The smallest absolute Gasteiger partial charge is 0.312 e. The summed E-state index contributed by atoms with van der Waals surface area (Å²) in [7, 11) is 0. The standard InChI is InChI=1S/C20H26O5/c1-14-19(25-16-9-5-6-10-16)17(13-15-7-3-2-4-8-15)20(22)23-12-11-18(21)24-14/h2-4,7-8,14,16-17,19H,5-6,9-13H2,1H3/t14-,17+,19-/m0/s1. The number of rotatable bonds is 4. The van der Waals surface area contributed by atoms with E-state index in [-0.39, 0.29) is 31.1 Å². The molecule has 0 spiro atoms. The van der Waals surface area contributed by atoms with Crippen LogP contribution in [0.3, 0.4) is 0 Å². The van der Waals surface area contributed by atoms with E-state index in [0.717, 1.165) is 31.2 Å². The summed E-state index contributed by atoms with van der Waals surface area (Å²) in [5.41, 5.74) is 1.04. The summed E-state index contributed by atoms with van der Waals surface area (Å²) in [5, 5.41) is 0. The van der Waals surface area contributed by atoms with E-state index in [1.54, 1.807) is 0 Å². The molecule has 5 nitrogen and oxygen atoms in total. The molecule has 3 rings (SSSR count). The third-order valence-corrected chi connectivity index (χ3v) is 4.98. The molecule has 1 saturated heterocycles. The van der Waals surface area contributed by atoms with E-state index in [4.69, 9.17) is 14.2 Å². The third-order valence-electron chi connectivity index (χ3n) is 4.98. The van der Waals surface area contributed by atoms with Crippen LogP contribution in [0.15, 0.2) is 30.3 Å². The first-order valence-electron chi connectivity index (χ1n) is 9.19. The summed E-state index contributed by atoms with van der Waals surface area (Å²) in [6.07, 6.45) is 4.01. The Morgan fingerprint density at radius 2 is 1.84 bits per heavy atom. The summed E-state index contributed by atoms with van der Waals surface area (Å²) < 4.78 is 17.1. The number of ether oxygens (including phenoxy) is 3. The largest absolute Gasteiger partial charge is 0.465 e. The second kappa shape index (κ2) is 8.48. The van der Waals surface area contributed by atoms with E-state index in [0.29, 0.717) is 6.42 Å². The van der Waals surface area contributed by atoms with Crippen molar-refractivity contribution in [3.8, 4) is 0 Å². The van der Waals surface area contributed by atoms with Gasteiger partial charge < -0.3 is 14.2 Å². The van der Waals surface area contributed by atoms with Gasteiger partial charge in [0.1, 0.15) is 18.8 Å². The highest BCUT2D eigenvalue weighted by atomic mass is 16.6. The summed E-state index contributed by atoms with van der Waals surface area (Å²) >= 11 is 0. The number of carbonyl (C=O) groups is 2. The lowest BCUT2D eigenvalue weighted by Gasteiger charge is -2.31. The molecule has 0 bridgehead atoms. The quantitative estimate of drug-likeness (QED) is 0.784. The average molecular weight is 346 g/mol. The monoisotopic (exact) mass is 346 g/mol. The average Bonchev–Trinajstić information content (AvgIpc) is 3.12. The Labute approximate surface area is 148 Å². The van der Waals surface area contributed by atoms with Gasteiger partial charge in [0, 0.05) is 0 Å². The molecule has 1 saturated carbocycles. The van der Waals surface area contributed by atoms with Crippen LogP contribution in [-0.4, -0.2) is 36.9 Å². The van der Waals surface area contributed by atoms with Crippen LogP contribution in [0.2, 0.25) is 0 Å². The van der Waals surface area contributed by atoms with E-state index in [9.17, 15) is 9.59 Å². The van der Waals surface area contributed by atoms with E-state index in [2.05, 4.69) is 0 Å². The number of benzene rings is 1. The Kier molecular flexibility index (Phi) is 6.08. The molecule has 1 heterocycles. The van der Waals surface area contributed by atoms with Gasteiger partial charge in [-0.05, 0) is 31.7 Å². The Bertz CT molecular complexity index is 579. The van der Waals surface area contributed by atoms with Gasteiger partial charge in [0.25, 0.3) is 0 Å². The molecular formula is C20H26O5. The Morgan fingerprint density at radius 1 is 1.12 bits per heavy atom. The van der Waals surface area contributed by atoms with Crippen molar-refractivity contribution in [1.29, 1.82) is 0 Å². The molecule has 5 heteroatoms. The van der Waals surface area contributed by atoms with Crippen molar-refractivity contribution in [3.05, 3.63) is 35.9 Å². The number of carbonyl (C=O) groups excluding carboxylic acids is 2. The maximum atomic E-state index is 12.7. The number of hydrogen-bond acceptors (Lipinski definition) is 5. The zero-order chi connectivity index (χ0) is 17.6. The molecule has 0 aromatic heterocycles. The molecule has 1 aliphatic carbocycles. The van der Waals surface area contributed by atoms with Gasteiger partial charge >= 0.3 is 11.9 Å². The van der Waals surface area contributed by atoms with Crippen LogP contribution in [0, 0.1) is 5.92 Å². The van der Waals surface area contributed by atoms with Crippen LogP contribution in [-0.2, 0) is 30.2 Å². The van der Waals surface area contributed by atoms with Crippen LogP contribution in [0.1, 0.15) is 44.6 Å². The Balaban J connectivity index is 1.84. The van der Waals surface area contributed by atoms with Crippen LogP contribution < -0.4 is 0 Å². The minimum atomic E-state index is -0.488. The van der Waals surface area contributed by atoms with Crippen molar-refractivity contribution in [3.63, 3.8) is 0 Å². The second-order valence-electron chi connectivity index (χ2n) is 6.92. The SMILES string of the molecule is C[C@@H]1OC(=O)CCOC(=O)[C@H](Cc2ccccc2)[C@H]1OC1CCCC1. The van der Waals surface area contributed by atoms with Gasteiger partial charge in [0.15, 0.2) is 0 Å². The lowest BCUT2D eigenvalue weighted by Crippen LogP contribution is -2.43. The molecule has 1 aromatic carbocycles. The predicted octanol–water partition coefficient (Wildman–Crippen LogP) is 3.05. The molecule has 0 N–H and O–H groups in total. The first-order valence-corrected chi connectivity index (χ1v) is 9.19. The van der Waals surface area contributed by atoms with Crippen molar-refractivity contribution in [2.75, 3.05) is 6.61 Å². The van der Waals surface area contributed by atoms with Crippen molar-refractivity contribution in [1.82, 2.24) is 0 Å². The van der Waals surface area contributed by atoms with Crippen molar-refractivity contribution in [2.45, 2.75) is 63.8 Å². The summed E-state index contributed by atoms with van der Waals surface area (Å²) in [6.45, 7) is 1.87. The maximum Gasteiger partial charge on any atom is 0.312 e. The molecule has 2 fully saturated rings. The third kappa shape index (κ3) is 4.82. The van der Waals surface area contributed by atoms with E-state index >= 15 is 0 Å². The number of hydrogen-bond donors (Lipinski definition) is 0. The molecule has 0 amide bonds.